The number of piperidine rings is 1. The number of nitrogens with one attached hydrogen (secondary N) is 2. The van der Waals surface area contributed by atoms with Crippen molar-refractivity contribution in [2.75, 3.05) is 43.1 Å². The summed E-state index contributed by atoms with van der Waals surface area (Å²) in [6.45, 7) is 3.56. The van der Waals surface area contributed by atoms with Crippen molar-refractivity contribution in [3.05, 3.63) is 18.5 Å². The van der Waals surface area contributed by atoms with Crippen molar-refractivity contribution in [1.82, 2.24) is 29.9 Å². The average Bonchev–Trinajstić information content (AvgIpc) is 3.21. The molecule has 1 aliphatic carbocycles. The summed E-state index contributed by atoms with van der Waals surface area (Å²) in [5.74, 6) is -1.88. The fraction of sp³-hybridized carbons (Fsp3) is 0.615. The van der Waals surface area contributed by atoms with E-state index in [0.29, 0.717) is 48.4 Å². The maximum atomic E-state index is 14.3. The molecule has 0 bridgehead atoms. The van der Waals surface area contributed by atoms with Crippen molar-refractivity contribution in [1.29, 1.82) is 0 Å². The summed E-state index contributed by atoms with van der Waals surface area (Å²) < 4.78 is 50.1. The summed E-state index contributed by atoms with van der Waals surface area (Å²) in [4.78, 5) is 21.0. The zero-order chi connectivity index (χ0) is 27.0. The number of carbonyl (C=O) groups is 1. The number of ether oxygens (including phenoxy) is 1. The van der Waals surface area contributed by atoms with E-state index in [1.165, 1.54) is 11.1 Å². The number of alkyl halides is 3. The third-order valence-corrected chi connectivity index (χ3v) is 8.54. The first-order valence-corrected chi connectivity index (χ1v) is 13.5. The van der Waals surface area contributed by atoms with E-state index >= 15 is 0 Å². The van der Waals surface area contributed by atoms with Crippen LogP contribution < -0.4 is 10.2 Å². The Bertz CT molecular complexity index is 1420. The average molecular weight is 545 g/mol. The SMILES string of the molecule is CC1(F)CN(c2nn(CC3CCOC3)c3cc(-c4[nH]ncc4NC(=O)N4CC(F)(F)CCC45CC5)ncc23)C1. The second-order valence-corrected chi connectivity index (χ2v) is 11.8. The molecular weight excluding hydrogens is 513 g/mol. The van der Waals surface area contributed by atoms with Crippen molar-refractivity contribution in [3.8, 4) is 11.4 Å². The third kappa shape index (κ3) is 4.40. The number of H-pyrrole nitrogens is 1. The lowest BCUT2D eigenvalue weighted by Gasteiger charge is -2.42. The van der Waals surface area contributed by atoms with E-state index in [2.05, 4.69) is 20.5 Å². The van der Waals surface area contributed by atoms with E-state index in [0.717, 1.165) is 36.8 Å². The van der Waals surface area contributed by atoms with Gasteiger partial charge in [-0.2, -0.15) is 10.2 Å². The van der Waals surface area contributed by atoms with Crippen LogP contribution in [0.15, 0.2) is 18.5 Å². The number of rotatable bonds is 5. The number of urea groups is 1. The van der Waals surface area contributed by atoms with E-state index in [1.54, 1.807) is 13.1 Å². The van der Waals surface area contributed by atoms with Crippen LogP contribution >= 0.6 is 0 Å². The summed E-state index contributed by atoms with van der Waals surface area (Å²) >= 11 is 0. The molecule has 39 heavy (non-hydrogen) atoms. The predicted molar refractivity (Wildman–Crippen MR) is 138 cm³/mol. The Kier molecular flexibility index (Phi) is 5.42. The Labute approximate surface area is 222 Å². The monoisotopic (exact) mass is 544 g/mol. The Morgan fingerprint density at radius 1 is 1.18 bits per heavy atom. The van der Waals surface area contributed by atoms with Crippen LogP contribution in [-0.2, 0) is 11.3 Å². The number of halogens is 3. The van der Waals surface area contributed by atoms with Gasteiger partial charge < -0.3 is 19.9 Å². The first kappa shape index (κ1) is 24.7. The van der Waals surface area contributed by atoms with Crippen LogP contribution in [0.2, 0.25) is 0 Å². The summed E-state index contributed by atoms with van der Waals surface area (Å²) in [6, 6.07) is 1.31. The Morgan fingerprint density at radius 2 is 1.97 bits per heavy atom. The van der Waals surface area contributed by atoms with Gasteiger partial charge in [-0.25, -0.2) is 18.0 Å². The lowest BCUT2D eigenvalue weighted by Crippen LogP contribution is -2.57. The lowest BCUT2D eigenvalue weighted by atomic mass is 9.97. The van der Waals surface area contributed by atoms with E-state index in [4.69, 9.17) is 9.84 Å². The zero-order valence-electron chi connectivity index (χ0n) is 21.7. The molecular formula is C26H31F3N8O2. The molecule has 2 N–H and O–H groups in total. The van der Waals surface area contributed by atoms with Gasteiger partial charge in [-0.3, -0.25) is 14.8 Å². The minimum absolute atomic E-state index is 0.192. The molecule has 10 nitrogen and oxygen atoms in total. The topological polar surface area (TPSA) is 104 Å². The molecule has 1 unspecified atom stereocenters. The lowest BCUT2D eigenvalue weighted by molar-refractivity contribution is -0.0721. The highest BCUT2D eigenvalue weighted by molar-refractivity contribution is 5.96. The van der Waals surface area contributed by atoms with Gasteiger partial charge in [-0.1, -0.05) is 0 Å². The first-order chi connectivity index (χ1) is 18.6. The van der Waals surface area contributed by atoms with Crippen molar-refractivity contribution in [3.63, 3.8) is 0 Å². The van der Waals surface area contributed by atoms with Crippen LogP contribution in [-0.4, -0.2) is 85.9 Å². The molecule has 13 heteroatoms. The van der Waals surface area contributed by atoms with Gasteiger partial charge in [0.2, 0.25) is 0 Å². The number of anilines is 2. The van der Waals surface area contributed by atoms with Gasteiger partial charge in [0.1, 0.15) is 11.4 Å². The van der Waals surface area contributed by atoms with Crippen molar-refractivity contribution in [2.24, 2.45) is 5.92 Å². The van der Waals surface area contributed by atoms with Crippen LogP contribution in [0.3, 0.4) is 0 Å². The smallest absolute Gasteiger partial charge is 0.322 e. The number of aromatic nitrogens is 5. The molecule has 4 aliphatic rings. The van der Waals surface area contributed by atoms with Crippen molar-refractivity contribution >= 4 is 28.4 Å². The largest absolute Gasteiger partial charge is 0.381 e. The highest BCUT2D eigenvalue weighted by atomic mass is 19.3. The molecule has 4 fully saturated rings. The van der Waals surface area contributed by atoms with Crippen LogP contribution in [0.25, 0.3) is 22.3 Å². The third-order valence-electron chi connectivity index (χ3n) is 8.54. The minimum atomic E-state index is -2.90. The molecule has 208 valence electrons. The molecule has 0 aromatic carbocycles. The molecule has 7 rings (SSSR count). The van der Waals surface area contributed by atoms with Gasteiger partial charge in [0.15, 0.2) is 5.82 Å². The number of pyridine rings is 1. The highest BCUT2D eigenvalue weighted by Crippen LogP contribution is 2.51. The molecule has 3 saturated heterocycles. The maximum absolute atomic E-state index is 14.3. The normalized spacial score (nSPS) is 24.8. The van der Waals surface area contributed by atoms with E-state index < -0.39 is 29.7 Å². The zero-order valence-corrected chi connectivity index (χ0v) is 21.7. The van der Waals surface area contributed by atoms with Gasteiger partial charge in [0.05, 0.1) is 54.7 Å². The van der Waals surface area contributed by atoms with E-state index in [9.17, 15) is 18.0 Å². The number of carbonyl (C=O) groups excluding carboxylic acids is 1. The van der Waals surface area contributed by atoms with Crippen LogP contribution in [0, 0.1) is 5.92 Å². The van der Waals surface area contributed by atoms with E-state index in [-0.39, 0.29) is 19.5 Å². The summed E-state index contributed by atoms with van der Waals surface area (Å²) in [5.41, 5.74) is 0.472. The number of likely N-dealkylation sites (tertiary alicyclic amines) is 1. The molecule has 0 radical (unpaired) electrons. The minimum Gasteiger partial charge on any atom is -0.381 e. The maximum Gasteiger partial charge on any atom is 0.322 e. The van der Waals surface area contributed by atoms with Gasteiger partial charge in [-0.05, 0) is 38.7 Å². The molecule has 3 aromatic rings. The quantitative estimate of drug-likeness (QED) is 0.499. The standard InChI is InChI=1S/C26H31F3N8O2/c1-24(27)13-35(14-24)22-17-9-30-18(8-20(17)37(34-22)11-16-2-7-39-12-16)21-19(10-31-33-21)32-23(38)36-15-26(28,29)6-5-25(36)3-4-25/h8-10,16H,2-7,11-15H2,1H3,(H,31,33)(H,32,38). The van der Waals surface area contributed by atoms with Crippen LogP contribution in [0.1, 0.15) is 39.0 Å². The van der Waals surface area contributed by atoms with Gasteiger partial charge in [0, 0.05) is 37.2 Å². The number of amides is 2. The fourth-order valence-electron chi connectivity index (χ4n) is 6.17. The number of fused-ring (bicyclic) bond motifs is 1. The molecule has 6 heterocycles. The van der Waals surface area contributed by atoms with Crippen molar-refractivity contribution < 1.29 is 22.7 Å². The van der Waals surface area contributed by atoms with Gasteiger partial charge in [0.25, 0.3) is 5.92 Å². The molecule has 3 aromatic heterocycles. The van der Waals surface area contributed by atoms with Crippen LogP contribution in [0.4, 0.5) is 29.5 Å². The number of aromatic amines is 1. The number of hydrogen-bond acceptors (Lipinski definition) is 6. The summed E-state index contributed by atoms with van der Waals surface area (Å²) in [6.07, 6.45) is 5.70. The predicted octanol–water partition coefficient (Wildman–Crippen LogP) is 4.20. The van der Waals surface area contributed by atoms with E-state index in [1.807, 2.05) is 15.6 Å². The molecule has 1 atom stereocenters. The molecule has 1 spiro atoms. The Balaban J connectivity index is 1.19. The Morgan fingerprint density at radius 3 is 2.69 bits per heavy atom. The van der Waals surface area contributed by atoms with Crippen molar-refractivity contribution in [2.45, 2.75) is 62.7 Å². The fourth-order valence-corrected chi connectivity index (χ4v) is 6.17. The van der Waals surface area contributed by atoms with Crippen LogP contribution in [0.5, 0.6) is 0 Å². The summed E-state index contributed by atoms with van der Waals surface area (Å²) in [5, 5.41) is 15.4. The Hall–Kier alpha value is -3.35. The molecule has 3 aliphatic heterocycles. The number of nitrogens with zero attached hydrogens (tertiary/aromatic N) is 6. The number of hydrogen-bond donors (Lipinski definition) is 2. The second-order valence-electron chi connectivity index (χ2n) is 11.8. The van der Waals surface area contributed by atoms with Gasteiger partial charge in [-0.15, -0.1) is 0 Å². The second kappa shape index (κ2) is 8.57. The first-order valence-electron chi connectivity index (χ1n) is 13.5. The summed E-state index contributed by atoms with van der Waals surface area (Å²) in [7, 11) is 0. The molecule has 2 amide bonds. The van der Waals surface area contributed by atoms with Gasteiger partial charge >= 0.3 is 6.03 Å². The highest BCUT2D eigenvalue weighted by Gasteiger charge is 2.57. The molecule has 1 saturated carbocycles.